The van der Waals surface area contributed by atoms with Crippen molar-refractivity contribution in [2.45, 2.75) is 26.2 Å². The highest BCUT2D eigenvalue weighted by molar-refractivity contribution is 7.04. The van der Waals surface area contributed by atoms with Gasteiger partial charge in [0.2, 0.25) is 0 Å². The SMILES string of the molecule is C[Si]1(C)c2ccccc2-c2cc(-c3c4ccccc4c(-c4ccc5c(c4)-c4ccccc4[Si]5(C)C)c4ncccc34)ccc21. The average molecular weight is 596 g/mol. The van der Waals surface area contributed by atoms with Gasteiger partial charge in [-0.3, -0.25) is 4.98 Å². The van der Waals surface area contributed by atoms with Crippen molar-refractivity contribution in [1.29, 1.82) is 0 Å². The molecule has 0 aliphatic carbocycles. The van der Waals surface area contributed by atoms with Crippen LogP contribution in [0.4, 0.5) is 0 Å². The van der Waals surface area contributed by atoms with Gasteiger partial charge in [-0.15, -0.1) is 0 Å². The fraction of sp³-hybridized carbons (Fsp3) is 0.0976. The van der Waals surface area contributed by atoms with Crippen LogP contribution in [-0.2, 0) is 0 Å². The molecule has 0 saturated heterocycles. The second-order valence-electron chi connectivity index (χ2n) is 13.6. The van der Waals surface area contributed by atoms with E-state index >= 15 is 0 Å². The van der Waals surface area contributed by atoms with Crippen LogP contribution in [0.25, 0.3) is 66.2 Å². The summed E-state index contributed by atoms with van der Waals surface area (Å²) in [5.41, 5.74) is 11.7. The van der Waals surface area contributed by atoms with Crippen LogP contribution < -0.4 is 20.7 Å². The summed E-state index contributed by atoms with van der Waals surface area (Å²) in [5.74, 6) is 0. The van der Waals surface area contributed by atoms with Gasteiger partial charge < -0.3 is 0 Å². The minimum absolute atomic E-state index is 1.07. The van der Waals surface area contributed by atoms with E-state index in [4.69, 9.17) is 4.98 Å². The van der Waals surface area contributed by atoms with Crippen LogP contribution in [0.1, 0.15) is 0 Å². The molecule has 1 aromatic heterocycles. The van der Waals surface area contributed by atoms with Gasteiger partial charge in [0.25, 0.3) is 0 Å². The Hall–Kier alpha value is -4.58. The van der Waals surface area contributed by atoms with Crippen LogP contribution in [0.5, 0.6) is 0 Å². The lowest BCUT2D eigenvalue weighted by atomic mass is 9.86. The molecule has 6 aromatic carbocycles. The molecule has 3 heterocycles. The third-order valence-corrected chi connectivity index (χ3v) is 17.7. The maximum absolute atomic E-state index is 5.11. The summed E-state index contributed by atoms with van der Waals surface area (Å²) >= 11 is 0. The molecule has 0 bridgehead atoms. The van der Waals surface area contributed by atoms with Crippen molar-refractivity contribution in [3.05, 3.63) is 128 Å². The monoisotopic (exact) mass is 595 g/mol. The number of pyridine rings is 1. The minimum atomic E-state index is -1.72. The Morgan fingerprint density at radius 1 is 0.409 bits per heavy atom. The highest BCUT2D eigenvalue weighted by Gasteiger charge is 2.38. The normalized spacial score (nSPS) is 15.2. The predicted molar refractivity (Wildman–Crippen MR) is 194 cm³/mol. The van der Waals surface area contributed by atoms with Gasteiger partial charge in [-0.1, -0.05) is 129 Å². The quantitative estimate of drug-likeness (QED) is 0.145. The van der Waals surface area contributed by atoms with E-state index in [1.807, 2.05) is 6.20 Å². The Kier molecular flexibility index (Phi) is 5.28. The maximum atomic E-state index is 5.11. The molecule has 2 aliphatic heterocycles. The number of nitrogens with zero attached hydrogens (tertiary/aromatic N) is 1. The van der Waals surface area contributed by atoms with Gasteiger partial charge in [-0.25, -0.2) is 0 Å². The molecular weight excluding hydrogens is 563 g/mol. The number of rotatable bonds is 2. The lowest BCUT2D eigenvalue weighted by Gasteiger charge is -2.20. The number of hydrogen-bond acceptors (Lipinski definition) is 1. The number of fused-ring (bicyclic) bond motifs is 8. The van der Waals surface area contributed by atoms with E-state index in [0.29, 0.717) is 0 Å². The summed E-state index contributed by atoms with van der Waals surface area (Å²) in [6.45, 7) is 9.94. The van der Waals surface area contributed by atoms with Crippen LogP contribution in [-0.4, -0.2) is 21.1 Å². The number of aromatic nitrogens is 1. The standard InChI is InChI=1S/C41H33NSi2/c1-43(2)35-17-9-7-12-28(35)33-24-26(19-21-37(33)43)39-30-14-5-6-15-31(30)40(41-32(39)16-11-23-42-41)27-20-22-38-34(25-27)29-13-8-10-18-36(29)44(38,3)4/h5-25H,1-4H3. The molecule has 0 amide bonds. The van der Waals surface area contributed by atoms with Crippen LogP contribution in [0, 0.1) is 0 Å². The van der Waals surface area contributed by atoms with Gasteiger partial charge in [-0.2, -0.15) is 0 Å². The molecule has 7 aromatic rings. The van der Waals surface area contributed by atoms with Gasteiger partial charge >= 0.3 is 0 Å². The highest BCUT2D eigenvalue weighted by Crippen LogP contribution is 2.44. The largest absolute Gasteiger partial charge is 0.256 e. The third kappa shape index (κ3) is 3.37. The molecule has 0 fully saturated rings. The lowest BCUT2D eigenvalue weighted by molar-refractivity contribution is 1.42. The molecule has 3 heteroatoms. The van der Waals surface area contributed by atoms with Gasteiger partial charge in [0.05, 0.1) is 5.52 Å². The van der Waals surface area contributed by atoms with Crippen molar-refractivity contribution in [3.63, 3.8) is 0 Å². The van der Waals surface area contributed by atoms with E-state index in [9.17, 15) is 0 Å². The summed E-state index contributed by atoms with van der Waals surface area (Å²) in [7, 11) is -3.44. The Balaban J connectivity index is 1.32. The molecule has 0 saturated carbocycles. The topological polar surface area (TPSA) is 12.9 Å². The summed E-state index contributed by atoms with van der Waals surface area (Å²) in [6, 6.07) is 45.9. The van der Waals surface area contributed by atoms with Gasteiger partial charge in [0.1, 0.15) is 16.1 Å². The molecular formula is C41H33NSi2. The second-order valence-corrected chi connectivity index (χ2v) is 22.2. The van der Waals surface area contributed by atoms with E-state index in [2.05, 4.69) is 148 Å². The summed E-state index contributed by atoms with van der Waals surface area (Å²) in [6.07, 6.45) is 1.95. The number of hydrogen-bond donors (Lipinski definition) is 0. The van der Waals surface area contributed by atoms with Crippen molar-refractivity contribution in [2.75, 3.05) is 0 Å². The van der Waals surface area contributed by atoms with Gasteiger partial charge in [0, 0.05) is 17.1 Å². The molecule has 210 valence electrons. The van der Waals surface area contributed by atoms with E-state index in [-0.39, 0.29) is 0 Å². The Morgan fingerprint density at radius 2 is 0.864 bits per heavy atom. The first-order valence-corrected chi connectivity index (χ1v) is 21.6. The van der Waals surface area contributed by atoms with Crippen LogP contribution in [0.2, 0.25) is 26.2 Å². The predicted octanol–water partition coefficient (Wildman–Crippen LogP) is 8.33. The van der Waals surface area contributed by atoms with Crippen LogP contribution in [0.15, 0.2) is 128 Å². The fourth-order valence-electron chi connectivity index (χ4n) is 8.35. The molecule has 0 radical (unpaired) electrons. The minimum Gasteiger partial charge on any atom is -0.256 e. The van der Waals surface area contributed by atoms with Crippen molar-refractivity contribution in [1.82, 2.24) is 4.98 Å². The first-order chi connectivity index (χ1) is 21.4. The first kappa shape index (κ1) is 25.9. The van der Waals surface area contributed by atoms with Crippen LogP contribution >= 0.6 is 0 Å². The zero-order valence-electron chi connectivity index (χ0n) is 25.6. The lowest BCUT2D eigenvalue weighted by Crippen LogP contribution is -2.49. The molecule has 0 atom stereocenters. The van der Waals surface area contributed by atoms with Crippen molar-refractivity contribution in [2.24, 2.45) is 0 Å². The Morgan fingerprint density at radius 3 is 1.45 bits per heavy atom. The average Bonchev–Trinajstić information content (AvgIpc) is 3.42. The van der Waals surface area contributed by atoms with E-state index in [1.54, 1.807) is 10.4 Å². The van der Waals surface area contributed by atoms with Crippen molar-refractivity contribution in [3.8, 4) is 44.5 Å². The second kappa shape index (κ2) is 8.98. The van der Waals surface area contributed by atoms with Crippen LogP contribution in [0.3, 0.4) is 0 Å². The highest BCUT2D eigenvalue weighted by atomic mass is 28.3. The molecule has 0 unspecified atom stereocenters. The van der Waals surface area contributed by atoms with E-state index in [1.165, 1.54) is 71.0 Å². The molecule has 2 aliphatic rings. The Labute approximate surface area is 260 Å². The van der Waals surface area contributed by atoms with Gasteiger partial charge in [0.15, 0.2) is 0 Å². The summed E-state index contributed by atoms with van der Waals surface area (Å²) in [5, 5.41) is 9.90. The van der Waals surface area contributed by atoms with E-state index < -0.39 is 16.1 Å². The summed E-state index contributed by atoms with van der Waals surface area (Å²) in [4.78, 5) is 5.11. The molecule has 1 nitrogen and oxygen atoms in total. The third-order valence-electron chi connectivity index (χ3n) is 10.5. The number of benzene rings is 6. The summed E-state index contributed by atoms with van der Waals surface area (Å²) < 4.78 is 0. The van der Waals surface area contributed by atoms with Crippen molar-refractivity contribution < 1.29 is 0 Å². The zero-order valence-corrected chi connectivity index (χ0v) is 27.6. The Bertz CT molecular complexity index is 2120. The fourth-order valence-corrected chi connectivity index (χ4v) is 14.5. The molecule has 44 heavy (non-hydrogen) atoms. The molecule has 9 rings (SSSR count). The smallest absolute Gasteiger partial charge is 0.113 e. The van der Waals surface area contributed by atoms with Crippen molar-refractivity contribution >= 4 is 58.6 Å². The molecule has 0 N–H and O–H groups in total. The zero-order chi connectivity index (χ0) is 29.8. The van der Waals surface area contributed by atoms with E-state index in [0.717, 1.165) is 5.52 Å². The van der Waals surface area contributed by atoms with Gasteiger partial charge in [-0.05, 0) is 88.7 Å². The maximum Gasteiger partial charge on any atom is 0.113 e. The first-order valence-electron chi connectivity index (χ1n) is 15.6. The molecule has 0 spiro atoms.